The Morgan fingerprint density at radius 2 is 2.21 bits per heavy atom. The lowest BCUT2D eigenvalue weighted by Gasteiger charge is -2.07. The lowest BCUT2D eigenvalue weighted by Crippen LogP contribution is -2.20. The average Bonchev–Trinajstić information content (AvgIpc) is 2.36. The quantitative estimate of drug-likeness (QED) is 0.940. The fourth-order valence-corrected chi connectivity index (χ4v) is 1.81. The van der Waals surface area contributed by atoms with Crippen molar-refractivity contribution in [2.45, 2.75) is 6.92 Å². The molecule has 0 aliphatic carbocycles. The average molecular weight is 322 g/mol. The second-order valence-electron chi connectivity index (χ2n) is 3.84. The van der Waals surface area contributed by atoms with Crippen molar-refractivity contribution in [3.05, 3.63) is 46.8 Å². The van der Waals surface area contributed by atoms with E-state index in [1.807, 2.05) is 25.1 Å². The molecule has 0 aliphatic heterocycles. The zero-order valence-corrected chi connectivity index (χ0v) is 11.8. The van der Waals surface area contributed by atoms with Crippen LogP contribution in [0.5, 0.6) is 5.88 Å². The predicted molar refractivity (Wildman–Crippen MR) is 75.0 cm³/mol. The smallest absolute Gasteiger partial charge is 0.262 e. The molecule has 2 aromatic rings. The van der Waals surface area contributed by atoms with Crippen LogP contribution in [0.1, 0.15) is 5.69 Å². The summed E-state index contributed by atoms with van der Waals surface area (Å²) < 4.78 is 6.18. The van der Waals surface area contributed by atoms with E-state index in [0.29, 0.717) is 11.6 Å². The summed E-state index contributed by atoms with van der Waals surface area (Å²) in [5, 5.41) is 2.73. The van der Waals surface area contributed by atoms with Crippen LogP contribution in [-0.4, -0.2) is 22.5 Å². The summed E-state index contributed by atoms with van der Waals surface area (Å²) in [6.07, 6.45) is 1.40. The number of benzene rings is 1. The van der Waals surface area contributed by atoms with Crippen molar-refractivity contribution in [2.75, 3.05) is 11.9 Å². The van der Waals surface area contributed by atoms with Crippen molar-refractivity contribution >= 4 is 27.5 Å². The Labute approximate surface area is 119 Å². The van der Waals surface area contributed by atoms with Gasteiger partial charge in [-0.2, -0.15) is 0 Å². The summed E-state index contributed by atoms with van der Waals surface area (Å²) >= 11 is 3.34. The molecule has 5 nitrogen and oxygen atoms in total. The first-order valence-electron chi connectivity index (χ1n) is 5.60. The summed E-state index contributed by atoms with van der Waals surface area (Å²) in [7, 11) is 0. The third-order valence-corrected chi connectivity index (χ3v) is 2.73. The highest BCUT2D eigenvalue weighted by molar-refractivity contribution is 9.10. The number of ether oxygens (including phenoxy) is 1. The number of nitrogens with zero attached hydrogens (tertiary/aromatic N) is 2. The van der Waals surface area contributed by atoms with Crippen molar-refractivity contribution in [2.24, 2.45) is 0 Å². The van der Waals surface area contributed by atoms with Gasteiger partial charge < -0.3 is 10.1 Å². The highest BCUT2D eigenvalue weighted by Crippen LogP contribution is 2.15. The highest BCUT2D eigenvalue weighted by atomic mass is 79.9. The van der Waals surface area contributed by atoms with Crippen LogP contribution in [-0.2, 0) is 4.79 Å². The molecule has 0 saturated carbocycles. The fraction of sp³-hybridized carbons (Fsp3) is 0.154. The van der Waals surface area contributed by atoms with Crippen LogP contribution in [0.4, 0.5) is 5.69 Å². The van der Waals surface area contributed by atoms with E-state index in [0.717, 1.165) is 10.2 Å². The molecule has 1 aromatic carbocycles. The van der Waals surface area contributed by atoms with Crippen LogP contribution in [0.2, 0.25) is 0 Å². The number of hydrogen-bond donors (Lipinski definition) is 1. The van der Waals surface area contributed by atoms with Gasteiger partial charge in [-0.1, -0.05) is 22.0 Å². The van der Waals surface area contributed by atoms with E-state index in [-0.39, 0.29) is 12.5 Å². The van der Waals surface area contributed by atoms with E-state index < -0.39 is 0 Å². The molecule has 2 rings (SSSR count). The van der Waals surface area contributed by atoms with Crippen LogP contribution in [0.15, 0.2) is 41.1 Å². The van der Waals surface area contributed by atoms with Crippen molar-refractivity contribution in [3.8, 4) is 5.88 Å². The van der Waals surface area contributed by atoms with Crippen molar-refractivity contribution < 1.29 is 9.53 Å². The molecule has 0 bridgehead atoms. The summed E-state index contributed by atoms with van der Waals surface area (Å²) in [4.78, 5) is 19.5. The summed E-state index contributed by atoms with van der Waals surface area (Å²) in [5.74, 6) is 0.145. The Balaban J connectivity index is 1.88. The minimum atomic E-state index is -0.241. The van der Waals surface area contributed by atoms with Gasteiger partial charge in [-0.25, -0.2) is 9.97 Å². The van der Waals surface area contributed by atoms with E-state index in [1.165, 1.54) is 6.33 Å². The normalized spacial score (nSPS) is 10.0. The molecule has 0 spiro atoms. The van der Waals surface area contributed by atoms with E-state index in [9.17, 15) is 4.79 Å². The Hall–Kier alpha value is -1.95. The van der Waals surface area contributed by atoms with Crippen molar-refractivity contribution in [1.29, 1.82) is 0 Å². The molecule has 0 unspecified atom stereocenters. The van der Waals surface area contributed by atoms with Crippen molar-refractivity contribution in [1.82, 2.24) is 9.97 Å². The Morgan fingerprint density at radius 1 is 1.37 bits per heavy atom. The first kappa shape index (κ1) is 13.5. The van der Waals surface area contributed by atoms with E-state index in [1.54, 1.807) is 12.1 Å². The molecule has 6 heteroatoms. The largest absolute Gasteiger partial charge is 0.467 e. The number of amides is 1. The lowest BCUT2D eigenvalue weighted by atomic mass is 10.3. The number of carbonyl (C=O) groups excluding carboxylic acids is 1. The predicted octanol–water partition coefficient (Wildman–Crippen LogP) is 2.57. The topological polar surface area (TPSA) is 64.1 Å². The van der Waals surface area contributed by atoms with E-state index >= 15 is 0 Å². The molecule has 1 heterocycles. The Bertz CT molecular complexity index is 590. The Kier molecular flexibility index (Phi) is 4.46. The molecule has 1 aromatic heterocycles. The minimum absolute atomic E-state index is 0.0943. The van der Waals surface area contributed by atoms with Gasteiger partial charge in [-0.15, -0.1) is 0 Å². The molecule has 98 valence electrons. The standard InChI is InChI=1S/C13H12BrN3O2/c1-9-5-13(16-8-15-9)19-7-12(18)17-11-4-2-3-10(14)6-11/h2-6,8H,7H2,1H3,(H,17,18). The van der Waals surface area contributed by atoms with Gasteiger partial charge in [0.05, 0.1) is 0 Å². The molecule has 1 amide bonds. The molecular weight excluding hydrogens is 310 g/mol. The second kappa shape index (κ2) is 6.29. The Morgan fingerprint density at radius 3 is 2.95 bits per heavy atom. The maximum atomic E-state index is 11.7. The van der Waals surface area contributed by atoms with E-state index in [4.69, 9.17) is 4.74 Å². The molecule has 0 aliphatic rings. The monoisotopic (exact) mass is 321 g/mol. The third kappa shape index (κ3) is 4.33. The third-order valence-electron chi connectivity index (χ3n) is 2.24. The number of aromatic nitrogens is 2. The van der Waals surface area contributed by atoms with Crippen molar-refractivity contribution in [3.63, 3.8) is 0 Å². The zero-order chi connectivity index (χ0) is 13.7. The van der Waals surface area contributed by atoms with Crippen LogP contribution >= 0.6 is 15.9 Å². The van der Waals surface area contributed by atoms with Gasteiger partial charge in [-0.3, -0.25) is 4.79 Å². The van der Waals surface area contributed by atoms with Crippen LogP contribution in [0, 0.1) is 6.92 Å². The van der Waals surface area contributed by atoms with Gasteiger partial charge in [0, 0.05) is 21.9 Å². The number of aryl methyl sites for hydroxylation is 1. The number of hydrogen-bond acceptors (Lipinski definition) is 4. The fourth-order valence-electron chi connectivity index (χ4n) is 1.41. The first-order valence-corrected chi connectivity index (χ1v) is 6.39. The van der Waals surface area contributed by atoms with Crippen LogP contribution in [0.25, 0.3) is 0 Å². The van der Waals surface area contributed by atoms with Crippen LogP contribution < -0.4 is 10.1 Å². The highest BCUT2D eigenvalue weighted by Gasteiger charge is 2.05. The second-order valence-corrected chi connectivity index (χ2v) is 4.76. The molecule has 19 heavy (non-hydrogen) atoms. The van der Waals surface area contributed by atoms with Gasteiger partial charge in [-0.05, 0) is 25.1 Å². The van der Waals surface area contributed by atoms with Gasteiger partial charge in [0.25, 0.3) is 5.91 Å². The number of nitrogens with one attached hydrogen (secondary N) is 1. The molecule has 0 fully saturated rings. The van der Waals surface area contributed by atoms with E-state index in [2.05, 4.69) is 31.2 Å². The van der Waals surface area contributed by atoms with Crippen LogP contribution in [0.3, 0.4) is 0 Å². The SMILES string of the molecule is Cc1cc(OCC(=O)Nc2cccc(Br)c2)ncn1. The number of rotatable bonds is 4. The van der Waals surface area contributed by atoms with Gasteiger partial charge in [0.1, 0.15) is 6.33 Å². The number of carbonyl (C=O) groups is 1. The molecule has 0 saturated heterocycles. The number of halogens is 1. The maximum Gasteiger partial charge on any atom is 0.262 e. The zero-order valence-electron chi connectivity index (χ0n) is 10.3. The maximum absolute atomic E-state index is 11.7. The molecule has 1 N–H and O–H groups in total. The first-order chi connectivity index (χ1) is 9.13. The summed E-state index contributed by atoms with van der Waals surface area (Å²) in [5.41, 5.74) is 1.50. The molecule has 0 radical (unpaired) electrons. The molecular formula is C13H12BrN3O2. The summed E-state index contributed by atoms with van der Waals surface area (Å²) in [6, 6.07) is 9.01. The van der Waals surface area contributed by atoms with Gasteiger partial charge >= 0.3 is 0 Å². The lowest BCUT2D eigenvalue weighted by molar-refractivity contribution is -0.118. The minimum Gasteiger partial charge on any atom is -0.467 e. The molecule has 0 atom stereocenters. The summed E-state index contributed by atoms with van der Waals surface area (Å²) in [6.45, 7) is 1.74. The van der Waals surface area contributed by atoms with Gasteiger partial charge in [0.15, 0.2) is 6.61 Å². The van der Waals surface area contributed by atoms with Gasteiger partial charge in [0.2, 0.25) is 5.88 Å². The number of anilines is 1.